The first-order valence-corrected chi connectivity index (χ1v) is 7.68. The molecule has 0 aliphatic heterocycles. The third kappa shape index (κ3) is 2.75. The van der Waals surface area contributed by atoms with E-state index in [2.05, 4.69) is 10.1 Å². The van der Waals surface area contributed by atoms with Crippen molar-refractivity contribution in [3.63, 3.8) is 0 Å². The Kier molecular flexibility index (Phi) is 3.85. The van der Waals surface area contributed by atoms with Gasteiger partial charge in [-0.1, -0.05) is 24.4 Å². The lowest BCUT2D eigenvalue weighted by atomic mass is 10.1. The fourth-order valence-electron chi connectivity index (χ4n) is 2.48. The van der Waals surface area contributed by atoms with Crippen molar-refractivity contribution in [2.75, 3.05) is 6.61 Å². The van der Waals surface area contributed by atoms with Crippen LogP contribution in [0, 0.1) is 12.8 Å². The lowest BCUT2D eigenvalue weighted by Gasteiger charge is -2.09. The Morgan fingerprint density at radius 3 is 2.95 bits per heavy atom. The highest BCUT2D eigenvalue weighted by molar-refractivity contribution is 6.38. The minimum Gasteiger partial charge on any atom is -0.462 e. The Morgan fingerprint density at radius 1 is 1.52 bits per heavy atom. The van der Waals surface area contributed by atoms with Crippen molar-refractivity contribution in [1.29, 1.82) is 0 Å². The average Bonchev–Trinajstić information content (AvgIpc) is 3.18. The van der Waals surface area contributed by atoms with Gasteiger partial charge in [-0.05, 0) is 26.2 Å². The van der Waals surface area contributed by atoms with Gasteiger partial charge in [-0.25, -0.2) is 14.5 Å². The topological polar surface area (TPSA) is 57.0 Å². The number of nitrogens with zero attached hydrogens (tertiary/aromatic N) is 3. The van der Waals surface area contributed by atoms with Crippen molar-refractivity contribution >= 4 is 28.6 Å². The maximum atomic E-state index is 12.0. The fraction of sp³-hybridized carbons (Fsp3) is 0.533. The van der Waals surface area contributed by atoms with Gasteiger partial charge in [0.1, 0.15) is 5.56 Å². The minimum absolute atomic E-state index is 0.313. The lowest BCUT2D eigenvalue weighted by molar-refractivity contribution is 0.0525. The van der Waals surface area contributed by atoms with E-state index in [-0.39, 0.29) is 0 Å². The molecular weight excluding hydrogens is 290 g/mol. The van der Waals surface area contributed by atoms with Gasteiger partial charge in [0.05, 0.1) is 28.9 Å². The van der Waals surface area contributed by atoms with Gasteiger partial charge < -0.3 is 4.74 Å². The number of aryl methyl sites for hydroxylation is 2. The maximum absolute atomic E-state index is 12.0. The summed E-state index contributed by atoms with van der Waals surface area (Å²) in [7, 11) is 0. The summed E-state index contributed by atoms with van der Waals surface area (Å²) in [5.41, 5.74) is 1.66. The molecule has 1 aliphatic carbocycles. The van der Waals surface area contributed by atoms with E-state index in [1.165, 1.54) is 12.8 Å². The standard InChI is InChI=1S/C15H18ClN3O2/c1-3-21-15(20)12-9(2)18-14-11(13(12)16)8-17-19(14)7-6-10-4-5-10/h8,10H,3-7H2,1-2H3. The third-order valence-electron chi connectivity index (χ3n) is 3.83. The van der Waals surface area contributed by atoms with Crippen molar-refractivity contribution in [3.05, 3.63) is 22.5 Å². The summed E-state index contributed by atoms with van der Waals surface area (Å²) in [6, 6.07) is 0. The summed E-state index contributed by atoms with van der Waals surface area (Å²) in [5, 5.41) is 5.45. The molecule has 0 bridgehead atoms. The molecule has 0 amide bonds. The van der Waals surface area contributed by atoms with Crippen LogP contribution in [0.3, 0.4) is 0 Å². The van der Waals surface area contributed by atoms with Crippen molar-refractivity contribution in [2.45, 2.75) is 39.7 Å². The highest BCUT2D eigenvalue weighted by atomic mass is 35.5. The van der Waals surface area contributed by atoms with E-state index in [9.17, 15) is 4.79 Å². The molecule has 0 saturated heterocycles. The van der Waals surface area contributed by atoms with Gasteiger partial charge in [0, 0.05) is 6.54 Å². The highest BCUT2D eigenvalue weighted by Crippen LogP contribution is 2.33. The first-order valence-electron chi connectivity index (χ1n) is 7.30. The van der Waals surface area contributed by atoms with Crippen LogP contribution < -0.4 is 0 Å². The molecule has 0 aromatic carbocycles. The fourth-order valence-corrected chi connectivity index (χ4v) is 2.82. The van der Waals surface area contributed by atoms with E-state index in [0.29, 0.717) is 28.3 Å². The summed E-state index contributed by atoms with van der Waals surface area (Å²) in [6.45, 7) is 4.70. The number of fused-ring (bicyclic) bond motifs is 1. The van der Waals surface area contributed by atoms with E-state index in [4.69, 9.17) is 16.3 Å². The zero-order valence-corrected chi connectivity index (χ0v) is 13.0. The molecule has 0 unspecified atom stereocenters. The molecule has 1 saturated carbocycles. The predicted octanol–water partition coefficient (Wildman–Crippen LogP) is 3.37. The quantitative estimate of drug-likeness (QED) is 0.795. The number of ether oxygens (including phenoxy) is 1. The molecule has 5 nitrogen and oxygen atoms in total. The lowest BCUT2D eigenvalue weighted by Crippen LogP contribution is -2.10. The predicted molar refractivity (Wildman–Crippen MR) is 80.6 cm³/mol. The first-order chi connectivity index (χ1) is 10.1. The molecule has 21 heavy (non-hydrogen) atoms. The second-order valence-corrected chi connectivity index (χ2v) is 5.82. The zero-order valence-electron chi connectivity index (χ0n) is 12.2. The van der Waals surface area contributed by atoms with Crippen molar-refractivity contribution in [3.8, 4) is 0 Å². The van der Waals surface area contributed by atoms with E-state index in [1.807, 2.05) is 4.68 Å². The number of hydrogen-bond acceptors (Lipinski definition) is 4. The highest BCUT2D eigenvalue weighted by Gasteiger charge is 2.23. The van der Waals surface area contributed by atoms with Crippen molar-refractivity contribution in [1.82, 2.24) is 14.8 Å². The average molecular weight is 308 g/mol. The van der Waals surface area contributed by atoms with Gasteiger partial charge in [0.15, 0.2) is 5.65 Å². The number of halogens is 1. The van der Waals surface area contributed by atoms with Crippen LogP contribution >= 0.6 is 11.6 Å². The SMILES string of the molecule is CCOC(=O)c1c(C)nc2c(cnn2CCC2CC2)c1Cl. The summed E-state index contributed by atoms with van der Waals surface area (Å²) in [6.07, 6.45) is 5.44. The molecular formula is C15H18ClN3O2. The molecule has 0 spiro atoms. The van der Waals surface area contributed by atoms with Crippen LogP contribution in [0.2, 0.25) is 5.02 Å². The number of esters is 1. The summed E-state index contributed by atoms with van der Waals surface area (Å²) in [5.74, 6) is 0.403. The van der Waals surface area contributed by atoms with Crippen LogP contribution in [0.25, 0.3) is 11.0 Å². The molecule has 2 aromatic rings. The Bertz CT molecular complexity index is 692. The van der Waals surface area contributed by atoms with Crippen LogP contribution in [-0.4, -0.2) is 27.3 Å². The summed E-state index contributed by atoms with van der Waals surface area (Å²) >= 11 is 6.37. The minimum atomic E-state index is -0.430. The normalized spacial score (nSPS) is 14.6. The Labute approximate surface area is 128 Å². The van der Waals surface area contributed by atoms with Crippen LogP contribution in [0.4, 0.5) is 0 Å². The van der Waals surface area contributed by atoms with Crippen molar-refractivity contribution < 1.29 is 9.53 Å². The monoisotopic (exact) mass is 307 g/mol. The smallest absolute Gasteiger partial charge is 0.341 e. The second kappa shape index (κ2) is 5.64. The van der Waals surface area contributed by atoms with Gasteiger partial charge in [-0.2, -0.15) is 5.10 Å². The van der Waals surface area contributed by atoms with E-state index in [1.54, 1.807) is 20.0 Å². The van der Waals surface area contributed by atoms with Gasteiger partial charge >= 0.3 is 5.97 Å². The van der Waals surface area contributed by atoms with E-state index in [0.717, 1.165) is 24.5 Å². The Balaban J connectivity index is 1.98. The van der Waals surface area contributed by atoms with Gasteiger partial charge in [0.2, 0.25) is 0 Å². The van der Waals surface area contributed by atoms with Gasteiger partial charge in [-0.3, -0.25) is 0 Å². The second-order valence-electron chi connectivity index (χ2n) is 5.44. The van der Waals surface area contributed by atoms with Gasteiger partial charge in [0.25, 0.3) is 0 Å². The van der Waals surface area contributed by atoms with Crippen LogP contribution in [0.5, 0.6) is 0 Å². The largest absolute Gasteiger partial charge is 0.462 e. The molecule has 2 aromatic heterocycles. The Morgan fingerprint density at radius 2 is 2.29 bits per heavy atom. The molecule has 1 aliphatic rings. The molecule has 0 radical (unpaired) electrons. The molecule has 2 heterocycles. The molecule has 0 atom stereocenters. The summed E-state index contributed by atoms with van der Waals surface area (Å²) < 4.78 is 6.92. The zero-order chi connectivity index (χ0) is 15.0. The molecule has 3 rings (SSSR count). The van der Waals surface area contributed by atoms with Crippen molar-refractivity contribution in [2.24, 2.45) is 5.92 Å². The number of hydrogen-bond donors (Lipinski definition) is 0. The first kappa shape index (κ1) is 14.3. The molecule has 1 fully saturated rings. The number of carbonyl (C=O) groups excluding carboxylic acids is 1. The van der Waals surface area contributed by atoms with E-state index < -0.39 is 5.97 Å². The number of aromatic nitrogens is 3. The van der Waals surface area contributed by atoms with E-state index >= 15 is 0 Å². The maximum Gasteiger partial charge on any atom is 0.341 e. The Hall–Kier alpha value is -1.62. The third-order valence-corrected chi connectivity index (χ3v) is 4.22. The van der Waals surface area contributed by atoms with Gasteiger partial charge in [-0.15, -0.1) is 0 Å². The van der Waals surface area contributed by atoms with Crippen LogP contribution in [0.1, 0.15) is 42.2 Å². The molecule has 0 N–H and O–H groups in total. The number of rotatable bonds is 5. The van der Waals surface area contributed by atoms with Crippen LogP contribution in [-0.2, 0) is 11.3 Å². The van der Waals surface area contributed by atoms with Crippen LogP contribution in [0.15, 0.2) is 6.20 Å². The number of pyridine rings is 1. The molecule has 112 valence electrons. The summed E-state index contributed by atoms with van der Waals surface area (Å²) in [4.78, 5) is 16.5. The number of carbonyl (C=O) groups is 1. The molecule has 6 heteroatoms.